The van der Waals surface area contributed by atoms with Crippen molar-refractivity contribution in [1.82, 2.24) is 0 Å². The second-order valence-electron chi connectivity index (χ2n) is 3.07. The number of nitriles is 1. The van der Waals surface area contributed by atoms with E-state index in [4.69, 9.17) is 9.81 Å². The van der Waals surface area contributed by atoms with Crippen LogP contribution >= 0.6 is 0 Å². The maximum atomic E-state index is 10.5. The molecule has 11 heavy (non-hydrogen) atoms. The molecular formula is C7H11NO2S. The van der Waals surface area contributed by atoms with Gasteiger partial charge < -0.3 is 4.55 Å². The standard InChI is InChI=1S/C7H11NO2S/c8-5-7(6-11(9)10)3-1-2-4-7/h1-4,6H2,(H,9,10). The zero-order valence-corrected chi connectivity index (χ0v) is 7.06. The summed E-state index contributed by atoms with van der Waals surface area (Å²) >= 11 is -1.82. The van der Waals surface area contributed by atoms with Crippen molar-refractivity contribution in [2.45, 2.75) is 25.7 Å². The third-order valence-electron chi connectivity index (χ3n) is 2.20. The van der Waals surface area contributed by atoms with E-state index in [0.29, 0.717) is 0 Å². The molecule has 0 aromatic carbocycles. The first-order valence-electron chi connectivity index (χ1n) is 3.67. The van der Waals surface area contributed by atoms with E-state index in [-0.39, 0.29) is 5.75 Å². The second kappa shape index (κ2) is 3.33. The van der Waals surface area contributed by atoms with Crippen LogP contribution < -0.4 is 0 Å². The Morgan fingerprint density at radius 2 is 2.09 bits per heavy atom. The average molecular weight is 173 g/mol. The third-order valence-corrected chi connectivity index (χ3v) is 3.00. The Bertz CT molecular complexity index is 203. The van der Waals surface area contributed by atoms with E-state index < -0.39 is 16.5 Å². The number of rotatable bonds is 2. The molecule has 3 nitrogen and oxygen atoms in total. The minimum atomic E-state index is -1.82. The summed E-state index contributed by atoms with van der Waals surface area (Å²) in [7, 11) is 0. The quantitative estimate of drug-likeness (QED) is 0.640. The monoisotopic (exact) mass is 173 g/mol. The van der Waals surface area contributed by atoms with Gasteiger partial charge in [-0.3, -0.25) is 0 Å². The van der Waals surface area contributed by atoms with Crippen molar-refractivity contribution in [2.24, 2.45) is 5.41 Å². The van der Waals surface area contributed by atoms with Crippen molar-refractivity contribution in [3.05, 3.63) is 0 Å². The predicted molar refractivity (Wildman–Crippen MR) is 42.2 cm³/mol. The first kappa shape index (κ1) is 8.69. The molecule has 0 aromatic rings. The summed E-state index contributed by atoms with van der Waals surface area (Å²) in [6, 6.07) is 2.16. The van der Waals surface area contributed by atoms with E-state index in [2.05, 4.69) is 6.07 Å². The van der Waals surface area contributed by atoms with Crippen molar-refractivity contribution in [1.29, 1.82) is 5.26 Å². The highest BCUT2D eigenvalue weighted by Gasteiger charge is 2.35. The highest BCUT2D eigenvalue weighted by atomic mass is 32.2. The molecule has 0 saturated heterocycles. The normalized spacial score (nSPS) is 24.4. The van der Waals surface area contributed by atoms with Crippen molar-refractivity contribution < 1.29 is 8.76 Å². The largest absolute Gasteiger partial charge is 0.306 e. The molecule has 0 bridgehead atoms. The lowest BCUT2D eigenvalue weighted by Crippen LogP contribution is -2.21. The van der Waals surface area contributed by atoms with Gasteiger partial charge in [0.25, 0.3) is 0 Å². The number of hydrogen-bond donors (Lipinski definition) is 1. The molecule has 0 aliphatic heterocycles. The summed E-state index contributed by atoms with van der Waals surface area (Å²) in [6.07, 6.45) is 3.61. The number of nitrogens with zero attached hydrogens (tertiary/aromatic N) is 1. The van der Waals surface area contributed by atoms with Crippen LogP contribution in [0.25, 0.3) is 0 Å². The van der Waals surface area contributed by atoms with Gasteiger partial charge >= 0.3 is 0 Å². The average Bonchev–Trinajstić information content (AvgIpc) is 2.36. The Labute approximate surface area is 68.7 Å². The minimum absolute atomic E-state index is 0.128. The molecule has 1 rings (SSSR count). The molecule has 62 valence electrons. The van der Waals surface area contributed by atoms with Crippen molar-refractivity contribution in [2.75, 3.05) is 5.75 Å². The summed E-state index contributed by atoms with van der Waals surface area (Å²) in [5, 5.41) is 8.77. The lowest BCUT2D eigenvalue weighted by atomic mass is 9.91. The van der Waals surface area contributed by atoms with Gasteiger partial charge in [-0.25, -0.2) is 4.21 Å². The van der Waals surface area contributed by atoms with Crippen LogP contribution in [0.1, 0.15) is 25.7 Å². The smallest absolute Gasteiger partial charge is 0.154 e. The molecule has 1 unspecified atom stereocenters. The zero-order valence-electron chi connectivity index (χ0n) is 6.25. The molecular weight excluding hydrogens is 162 g/mol. The van der Waals surface area contributed by atoms with Gasteiger partial charge in [0.15, 0.2) is 11.1 Å². The molecule has 0 heterocycles. The molecule has 1 aliphatic rings. The summed E-state index contributed by atoms with van der Waals surface area (Å²) in [4.78, 5) is 0. The van der Waals surface area contributed by atoms with Crippen LogP contribution in [0.15, 0.2) is 0 Å². The lowest BCUT2D eigenvalue weighted by molar-refractivity contribution is 0.448. The zero-order chi connectivity index (χ0) is 8.32. The molecule has 1 saturated carbocycles. The van der Waals surface area contributed by atoms with Gasteiger partial charge in [-0.1, -0.05) is 12.8 Å². The van der Waals surface area contributed by atoms with Crippen LogP contribution in [-0.2, 0) is 11.1 Å². The van der Waals surface area contributed by atoms with Gasteiger partial charge in [-0.2, -0.15) is 5.26 Å². The van der Waals surface area contributed by atoms with Crippen LogP contribution in [0.5, 0.6) is 0 Å². The van der Waals surface area contributed by atoms with E-state index >= 15 is 0 Å². The van der Waals surface area contributed by atoms with Crippen molar-refractivity contribution in [3.8, 4) is 6.07 Å². The summed E-state index contributed by atoms with van der Waals surface area (Å²) in [5.74, 6) is 0.128. The van der Waals surface area contributed by atoms with Gasteiger partial charge in [-0.05, 0) is 12.8 Å². The molecule has 0 spiro atoms. The van der Waals surface area contributed by atoms with Gasteiger partial charge in [-0.15, -0.1) is 0 Å². The maximum Gasteiger partial charge on any atom is 0.154 e. The van der Waals surface area contributed by atoms with Crippen molar-refractivity contribution >= 4 is 11.1 Å². The fourth-order valence-electron chi connectivity index (χ4n) is 1.58. The van der Waals surface area contributed by atoms with E-state index in [0.717, 1.165) is 25.7 Å². The second-order valence-corrected chi connectivity index (χ2v) is 4.00. The predicted octanol–water partition coefficient (Wildman–Crippen LogP) is 1.29. The van der Waals surface area contributed by atoms with Gasteiger partial charge in [0.05, 0.1) is 17.2 Å². The van der Waals surface area contributed by atoms with Gasteiger partial charge in [0.1, 0.15) is 0 Å². The topological polar surface area (TPSA) is 61.1 Å². The molecule has 1 atom stereocenters. The van der Waals surface area contributed by atoms with E-state index in [9.17, 15) is 4.21 Å². The molecule has 0 aromatic heterocycles. The van der Waals surface area contributed by atoms with E-state index in [1.165, 1.54) is 0 Å². The third kappa shape index (κ3) is 2.01. The SMILES string of the molecule is N#CC1(CS(=O)O)CCCC1. The van der Waals surface area contributed by atoms with Crippen LogP contribution in [0.3, 0.4) is 0 Å². The molecule has 0 radical (unpaired) electrons. The maximum absolute atomic E-state index is 10.5. The van der Waals surface area contributed by atoms with Crippen molar-refractivity contribution in [3.63, 3.8) is 0 Å². The molecule has 1 aliphatic carbocycles. The summed E-state index contributed by atoms with van der Waals surface area (Å²) in [6.45, 7) is 0. The first-order chi connectivity index (χ1) is 5.18. The Kier molecular flexibility index (Phi) is 2.63. The van der Waals surface area contributed by atoms with Crippen LogP contribution in [0.4, 0.5) is 0 Å². The van der Waals surface area contributed by atoms with Crippen LogP contribution in [0, 0.1) is 16.7 Å². The molecule has 1 N–H and O–H groups in total. The fourth-order valence-corrected chi connectivity index (χ4v) is 2.40. The number of hydrogen-bond acceptors (Lipinski definition) is 2. The van der Waals surface area contributed by atoms with Gasteiger partial charge in [0, 0.05) is 0 Å². The van der Waals surface area contributed by atoms with E-state index in [1.54, 1.807) is 0 Å². The minimum Gasteiger partial charge on any atom is -0.306 e. The Morgan fingerprint density at radius 3 is 2.45 bits per heavy atom. The first-order valence-corrected chi connectivity index (χ1v) is 4.95. The fraction of sp³-hybridized carbons (Fsp3) is 0.857. The Hall–Kier alpha value is -0.400. The Morgan fingerprint density at radius 1 is 1.55 bits per heavy atom. The summed E-state index contributed by atoms with van der Waals surface area (Å²) in [5.41, 5.74) is -0.486. The Balaban J connectivity index is 2.61. The van der Waals surface area contributed by atoms with E-state index in [1.807, 2.05) is 0 Å². The van der Waals surface area contributed by atoms with Crippen LogP contribution in [0.2, 0.25) is 0 Å². The summed E-state index contributed by atoms with van der Waals surface area (Å²) < 4.78 is 19.1. The highest BCUT2D eigenvalue weighted by molar-refractivity contribution is 7.79. The molecule has 0 amide bonds. The lowest BCUT2D eigenvalue weighted by Gasteiger charge is -2.16. The molecule has 4 heteroatoms. The van der Waals surface area contributed by atoms with Gasteiger partial charge in [0.2, 0.25) is 0 Å². The molecule has 1 fully saturated rings. The van der Waals surface area contributed by atoms with Crippen LogP contribution in [-0.4, -0.2) is 14.5 Å². The highest BCUT2D eigenvalue weighted by Crippen LogP contribution is 2.37.